The van der Waals surface area contributed by atoms with Gasteiger partial charge in [0.1, 0.15) is 6.10 Å². The number of para-hydroxylation sites is 2. The molecule has 0 aromatic heterocycles. The number of nitrogens with zero attached hydrogens (tertiary/aromatic N) is 1. The van der Waals surface area contributed by atoms with Crippen LogP contribution in [-0.2, 0) is 4.74 Å². The standard InChI is InChI=1S/C19H21Cl2NO3/c1-22-9-10-24-18(12-22)19(13-7-8-14(20)15(21)11-13)25-17-6-4-3-5-16(17)23-2/h3-8,11,18-19H,9-10,12H2,1-2H3. The first-order valence-electron chi connectivity index (χ1n) is 8.13. The van der Waals surface area contributed by atoms with Crippen LogP contribution >= 0.6 is 23.2 Å². The summed E-state index contributed by atoms with van der Waals surface area (Å²) >= 11 is 12.3. The van der Waals surface area contributed by atoms with Crippen LogP contribution in [-0.4, -0.2) is 44.9 Å². The van der Waals surface area contributed by atoms with Crippen LogP contribution in [0.25, 0.3) is 0 Å². The number of methoxy groups -OCH3 is 1. The lowest BCUT2D eigenvalue weighted by atomic mass is 10.0. The fourth-order valence-electron chi connectivity index (χ4n) is 2.90. The van der Waals surface area contributed by atoms with Gasteiger partial charge in [-0.3, -0.25) is 0 Å². The summed E-state index contributed by atoms with van der Waals surface area (Å²) in [7, 11) is 3.70. The summed E-state index contributed by atoms with van der Waals surface area (Å²) in [6.45, 7) is 2.33. The highest BCUT2D eigenvalue weighted by Gasteiger charge is 2.31. The van der Waals surface area contributed by atoms with Crippen molar-refractivity contribution in [3.8, 4) is 11.5 Å². The Balaban J connectivity index is 1.94. The average Bonchev–Trinajstić information content (AvgIpc) is 2.62. The number of morpholine rings is 1. The molecule has 3 rings (SSSR count). The topological polar surface area (TPSA) is 30.9 Å². The second-order valence-corrected chi connectivity index (χ2v) is 6.85. The van der Waals surface area contributed by atoms with Gasteiger partial charge in [-0.15, -0.1) is 0 Å². The third-order valence-corrected chi connectivity index (χ3v) is 4.97. The van der Waals surface area contributed by atoms with Gasteiger partial charge in [0.25, 0.3) is 0 Å². The van der Waals surface area contributed by atoms with Gasteiger partial charge in [-0.25, -0.2) is 0 Å². The van der Waals surface area contributed by atoms with Gasteiger partial charge in [-0.1, -0.05) is 41.4 Å². The molecule has 0 saturated carbocycles. The zero-order valence-corrected chi connectivity index (χ0v) is 15.8. The summed E-state index contributed by atoms with van der Waals surface area (Å²) in [5.41, 5.74) is 0.917. The predicted molar refractivity (Wildman–Crippen MR) is 100 cm³/mol. The van der Waals surface area contributed by atoms with Crippen LogP contribution in [0.2, 0.25) is 10.0 Å². The van der Waals surface area contributed by atoms with E-state index in [2.05, 4.69) is 11.9 Å². The van der Waals surface area contributed by atoms with Crippen molar-refractivity contribution >= 4 is 23.2 Å². The van der Waals surface area contributed by atoms with E-state index in [1.54, 1.807) is 13.2 Å². The highest BCUT2D eigenvalue weighted by atomic mass is 35.5. The number of benzene rings is 2. The average molecular weight is 382 g/mol. The summed E-state index contributed by atoms with van der Waals surface area (Å²) in [4.78, 5) is 2.23. The van der Waals surface area contributed by atoms with Crippen LogP contribution in [0.15, 0.2) is 42.5 Å². The molecule has 134 valence electrons. The van der Waals surface area contributed by atoms with Crippen molar-refractivity contribution in [1.82, 2.24) is 4.90 Å². The molecule has 2 atom stereocenters. The van der Waals surface area contributed by atoms with Crippen LogP contribution in [0.1, 0.15) is 11.7 Å². The molecule has 1 aliphatic rings. The maximum Gasteiger partial charge on any atom is 0.162 e. The van der Waals surface area contributed by atoms with E-state index in [4.69, 9.17) is 37.4 Å². The molecule has 0 spiro atoms. The van der Waals surface area contributed by atoms with Crippen LogP contribution in [0.5, 0.6) is 11.5 Å². The summed E-state index contributed by atoms with van der Waals surface area (Å²) in [5.74, 6) is 1.34. The first kappa shape index (κ1) is 18.3. The molecule has 1 aliphatic heterocycles. The van der Waals surface area contributed by atoms with Crippen molar-refractivity contribution < 1.29 is 14.2 Å². The Hall–Kier alpha value is -1.46. The Labute approximate surface area is 158 Å². The van der Waals surface area contributed by atoms with Gasteiger partial charge in [0.05, 0.1) is 23.8 Å². The van der Waals surface area contributed by atoms with Crippen molar-refractivity contribution in [3.63, 3.8) is 0 Å². The highest BCUT2D eigenvalue weighted by Crippen LogP contribution is 2.35. The van der Waals surface area contributed by atoms with Gasteiger partial charge in [0.2, 0.25) is 0 Å². The molecule has 6 heteroatoms. The van der Waals surface area contributed by atoms with E-state index in [0.717, 1.165) is 18.7 Å². The van der Waals surface area contributed by atoms with E-state index in [9.17, 15) is 0 Å². The molecular formula is C19H21Cl2NO3. The van der Waals surface area contributed by atoms with Crippen molar-refractivity contribution in [2.45, 2.75) is 12.2 Å². The minimum atomic E-state index is -0.325. The largest absolute Gasteiger partial charge is 0.493 e. The van der Waals surface area contributed by atoms with Gasteiger partial charge < -0.3 is 19.1 Å². The van der Waals surface area contributed by atoms with Gasteiger partial charge in [0.15, 0.2) is 17.6 Å². The third-order valence-electron chi connectivity index (χ3n) is 4.23. The fourth-order valence-corrected chi connectivity index (χ4v) is 3.20. The Morgan fingerprint density at radius 3 is 2.56 bits per heavy atom. The van der Waals surface area contributed by atoms with E-state index in [-0.39, 0.29) is 12.2 Å². The summed E-state index contributed by atoms with van der Waals surface area (Å²) in [5, 5.41) is 1.01. The lowest BCUT2D eigenvalue weighted by molar-refractivity contribution is -0.0763. The molecule has 1 saturated heterocycles. The molecule has 2 unspecified atom stereocenters. The monoisotopic (exact) mass is 381 g/mol. The lowest BCUT2D eigenvalue weighted by Gasteiger charge is -2.35. The number of rotatable bonds is 5. The molecular weight excluding hydrogens is 361 g/mol. The summed E-state index contributed by atoms with van der Waals surface area (Å²) in [6.07, 6.45) is -0.449. The van der Waals surface area contributed by atoms with Gasteiger partial charge in [-0.2, -0.15) is 0 Å². The quantitative estimate of drug-likeness (QED) is 0.765. The molecule has 1 heterocycles. The van der Waals surface area contributed by atoms with Crippen molar-refractivity contribution in [1.29, 1.82) is 0 Å². The number of hydrogen-bond donors (Lipinski definition) is 0. The SMILES string of the molecule is COc1ccccc1OC(c1ccc(Cl)c(Cl)c1)C1CN(C)CCO1. The van der Waals surface area contributed by atoms with Crippen molar-refractivity contribution in [2.24, 2.45) is 0 Å². The minimum absolute atomic E-state index is 0.124. The highest BCUT2D eigenvalue weighted by molar-refractivity contribution is 6.42. The minimum Gasteiger partial charge on any atom is -0.493 e. The van der Waals surface area contributed by atoms with Crippen LogP contribution in [0, 0.1) is 0 Å². The number of likely N-dealkylation sites (N-methyl/N-ethyl adjacent to an activating group) is 1. The van der Waals surface area contributed by atoms with Gasteiger partial charge in [-0.05, 0) is 36.9 Å². The number of hydrogen-bond acceptors (Lipinski definition) is 4. The molecule has 2 aromatic rings. The van der Waals surface area contributed by atoms with Crippen LogP contribution in [0.4, 0.5) is 0 Å². The molecule has 0 aliphatic carbocycles. The van der Waals surface area contributed by atoms with Crippen LogP contribution in [0.3, 0.4) is 0 Å². The van der Waals surface area contributed by atoms with Crippen LogP contribution < -0.4 is 9.47 Å². The number of ether oxygens (including phenoxy) is 3. The first-order valence-corrected chi connectivity index (χ1v) is 8.89. The van der Waals surface area contributed by atoms with Gasteiger partial charge >= 0.3 is 0 Å². The molecule has 0 amide bonds. The molecule has 0 radical (unpaired) electrons. The van der Waals surface area contributed by atoms with E-state index in [0.29, 0.717) is 28.2 Å². The maximum atomic E-state index is 6.33. The van der Waals surface area contributed by atoms with Crippen molar-refractivity contribution in [2.75, 3.05) is 33.9 Å². The number of halogens is 2. The molecule has 2 aromatic carbocycles. The molecule has 0 N–H and O–H groups in total. The second-order valence-electron chi connectivity index (χ2n) is 6.03. The second kappa shape index (κ2) is 8.28. The summed E-state index contributed by atoms with van der Waals surface area (Å²) in [6, 6.07) is 13.1. The normalized spacial score (nSPS) is 19.4. The van der Waals surface area contributed by atoms with E-state index in [1.165, 1.54) is 0 Å². The third kappa shape index (κ3) is 4.39. The Morgan fingerprint density at radius 2 is 1.88 bits per heavy atom. The van der Waals surface area contributed by atoms with E-state index < -0.39 is 0 Å². The molecule has 25 heavy (non-hydrogen) atoms. The van der Waals surface area contributed by atoms with Crippen molar-refractivity contribution in [3.05, 3.63) is 58.1 Å². The van der Waals surface area contributed by atoms with E-state index >= 15 is 0 Å². The zero-order chi connectivity index (χ0) is 17.8. The smallest absolute Gasteiger partial charge is 0.162 e. The Bertz CT molecular complexity index is 726. The van der Waals surface area contributed by atoms with E-state index in [1.807, 2.05) is 36.4 Å². The first-order chi connectivity index (χ1) is 12.1. The Morgan fingerprint density at radius 1 is 1.12 bits per heavy atom. The lowest BCUT2D eigenvalue weighted by Crippen LogP contribution is -2.44. The molecule has 4 nitrogen and oxygen atoms in total. The summed E-state index contributed by atoms with van der Waals surface area (Å²) < 4.78 is 17.7. The molecule has 0 bridgehead atoms. The fraction of sp³-hybridized carbons (Fsp3) is 0.368. The predicted octanol–water partition coefficient (Wildman–Crippen LogP) is 4.45. The molecule has 1 fully saturated rings. The zero-order valence-electron chi connectivity index (χ0n) is 14.2. The van der Waals surface area contributed by atoms with Gasteiger partial charge in [0, 0.05) is 13.1 Å². The Kier molecular flexibility index (Phi) is 6.07. The maximum absolute atomic E-state index is 6.33.